The Morgan fingerprint density at radius 3 is 2.59 bits per heavy atom. The minimum atomic E-state index is -0.724. The van der Waals surface area contributed by atoms with Gasteiger partial charge in [-0.2, -0.15) is 0 Å². The van der Waals surface area contributed by atoms with Crippen LogP contribution in [-0.2, 0) is 4.79 Å². The van der Waals surface area contributed by atoms with E-state index in [0.717, 1.165) is 31.2 Å². The van der Waals surface area contributed by atoms with Gasteiger partial charge in [-0.3, -0.25) is 4.79 Å². The number of rotatable bonds is 7. The van der Waals surface area contributed by atoms with Crippen LogP contribution in [0.3, 0.4) is 0 Å². The lowest BCUT2D eigenvalue weighted by molar-refractivity contribution is -0.136. The Balaban J connectivity index is 1.40. The van der Waals surface area contributed by atoms with E-state index in [1.807, 2.05) is 18.2 Å². The molecule has 0 saturated heterocycles. The van der Waals surface area contributed by atoms with Gasteiger partial charge in [0.1, 0.15) is 22.6 Å². The van der Waals surface area contributed by atoms with Crippen molar-refractivity contribution in [1.82, 2.24) is 5.32 Å². The minimum absolute atomic E-state index is 0.0279. The minimum Gasteiger partial charge on any atom is -0.482 e. The Morgan fingerprint density at radius 2 is 1.82 bits per heavy atom. The highest BCUT2D eigenvalue weighted by Gasteiger charge is 2.20. The van der Waals surface area contributed by atoms with Gasteiger partial charge in [0.25, 0.3) is 5.91 Å². The molecule has 1 N–H and O–H groups in total. The van der Waals surface area contributed by atoms with Crippen LogP contribution in [-0.4, -0.2) is 24.5 Å². The van der Waals surface area contributed by atoms with Crippen LogP contribution in [0.2, 0.25) is 0 Å². The Kier molecular flexibility index (Phi) is 7.30. The third-order valence-electron chi connectivity index (χ3n) is 6.01. The fraction of sp³-hybridized carbons (Fsp3) is 0.370. The van der Waals surface area contributed by atoms with Crippen molar-refractivity contribution in [3.8, 4) is 11.5 Å². The zero-order chi connectivity index (χ0) is 24.1. The van der Waals surface area contributed by atoms with E-state index < -0.39 is 17.5 Å². The van der Waals surface area contributed by atoms with Crippen LogP contribution in [0.15, 0.2) is 57.7 Å². The predicted octanol–water partition coefficient (Wildman–Crippen LogP) is 4.96. The summed E-state index contributed by atoms with van der Waals surface area (Å²) in [5.41, 5.74) is 0.592. The molecule has 1 aliphatic rings. The first kappa shape index (κ1) is 23.5. The molecular weight excluding hydrogens is 434 g/mol. The highest BCUT2D eigenvalue weighted by molar-refractivity contribution is 5.97. The quantitative estimate of drug-likeness (QED) is 0.302. The second-order valence-corrected chi connectivity index (χ2v) is 8.95. The summed E-state index contributed by atoms with van der Waals surface area (Å²) >= 11 is 0. The number of amides is 1. The summed E-state index contributed by atoms with van der Waals surface area (Å²) in [5, 5.41) is 3.50. The van der Waals surface area contributed by atoms with Crippen molar-refractivity contribution < 1.29 is 23.5 Å². The van der Waals surface area contributed by atoms with Gasteiger partial charge in [-0.1, -0.05) is 45.2 Å². The first-order chi connectivity index (χ1) is 16.4. The number of ether oxygens (including phenoxy) is 2. The van der Waals surface area contributed by atoms with Crippen LogP contribution >= 0.6 is 0 Å². The van der Waals surface area contributed by atoms with Crippen molar-refractivity contribution in [2.75, 3.05) is 6.61 Å². The van der Waals surface area contributed by atoms with Crippen molar-refractivity contribution in [2.24, 2.45) is 0 Å². The van der Waals surface area contributed by atoms with Crippen LogP contribution in [0, 0.1) is 0 Å². The van der Waals surface area contributed by atoms with Gasteiger partial charge in [0.15, 0.2) is 6.61 Å². The third-order valence-corrected chi connectivity index (χ3v) is 6.01. The van der Waals surface area contributed by atoms with Gasteiger partial charge in [0.2, 0.25) is 0 Å². The summed E-state index contributed by atoms with van der Waals surface area (Å²) < 4.78 is 16.2. The maximum atomic E-state index is 12.6. The Labute approximate surface area is 198 Å². The normalized spacial score (nSPS) is 14.2. The van der Waals surface area contributed by atoms with Gasteiger partial charge in [0.05, 0.1) is 0 Å². The Bertz CT molecular complexity index is 1240. The molecule has 3 aromatic rings. The number of carbonyl (C=O) groups is 2. The van der Waals surface area contributed by atoms with Crippen LogP contribution in [0.1, 0.15) is 67.8 Å². The summed E-state index contributed by atoms with van der Waals surface area (Å²) in [7, 11) is 0. The molecule has 1 aliphatic carbocycles. The molecule has 34 heavy (non-hydrogen) atoms. The molecule has 0 radical (unpaired) electrons. The predicted molar refractivity (Wildman–Crippen MR) is 128 cm³/mol. The SMILES string of the molecule is CC(C)c1cccc(OCC(=O)Oc2ccc3cc(C(=O)NC4CCCCC4)c(=O)oc3c2)c1. The summed E-state index contributed by atoms with van der Waals surface area (Å²) in [6.07, 6.45) is 5.18. The zero-order valence-electron chi connectivity index (χ0n) is 19.5. The molecule has 0 aliphatic heterocycles. The first-order valence-corrected chi connectivity index (χ1v) is 11.7. The number of esters is 1. The van der Waals surface area contributed by atoms with E-state index in [-0.39, 0.29) is 29.5 Å². The molecule has 1 aromatic heterocycles. The van der Waals surface area contributed by atoms with Crippen molar-refractivity contribution in [3.63, 3.8) is 0 Å². The maximum absolute atomic E-state index is 12.6. The highest BCUT2D eigenvalue weighted by Crippen LogP contribution is 2.23. The molecule has 1 fully saturated rings. The number of fused-ring (bicyclic) bond motifs is 1. The van der Waals surface area contributed by atoms with Crippen molar-refractivity contribution in [1.29, 1.82) is 0 Å². The number of hydrogen-bond acceptors (Lipinski definition) is 6. The third kappa shape index (κ3) is 5.84. The van der Waals surface area contributed by atoms with E-state index in [1.165, 1.54) is 18.6 Å². The first-order valence-electron chi connectivity index (χ1n) is 11.7. The molecule has 0 spiro atoms. The molecule has 0 bridgehead atoms. The average molecular weight is 464 g/mol. The summed E-state index contributed by atoms with van der Waals surface area (Å²) in [4.78, 5) is 37.3. The molecule has 1 heterocycles. The fourth-order valence-corrected chi connectivity index (χ4v) is 4.09. The molecule has 0 atom stereocenters. The van der Waals surface area contributed by atoms with E-state index >= 15 is 0 Å². The van der Waals surface area contributed by atoms with E-state index in [4.69, 9.17) is 13.9 Å². The van der Waals surface area contributed by atoms with Crippen LogP contribution in [0.4, 0.5) is 0 Å². The number of carbonyl (C=O) groups excluding carboxylic acids is 2. The van der Waals surface area contributed by atoms with Crippen molar-refractivity contribution in [2.45, 2.75) is 57.9 Å². The van der Waals surface area contributed by atoms with E-state index in [1.54, 1.807) is 18.2 Å². The van der Waals surface area contributed by atoms with Gasteiger partial charge >= 0.3 is 11.6 Å². The van der Waals surface area contributed by atoms with Gasteiger partial charge in [-0.15, -0.1) is 0 Å². The molecule has 1 amide bonds. The lowest BCUT2D eigenvalue weighted by Crippen LogP contribution is -2.38. The van der Waals surface area contributed by atoms with Crippen LogP contribution in [0.25, 0.3) is 11.0 Å². The van der Waals surface area contributed by atoms with Gasteiger partial charge < -0.3 is 19.2 Å². The Hall–Kier alpha value is -3.61. The van der Waals surface area contributed by atoms with Crippen molar-refractivity contribution in [3.05, 3.63) is 70.1 Å². The number of nitrogens with one attached hydrogen (secondary N) is 1. The van der Waals surface area contributed by atoms with Gasteiger partial charge in [0, 0.05) is 17.5 Å². The molecular formula is C27H29NO6. The van der Waals surface area contributed by atoms with Gasteiger partial charge in [-0.25, -0.2) is 9.59 Å². The van der Waals surface area contributed by atoms with E-state index in [0.29, 0.717) is 17.1 Å². The van der Waals surface area contributed by atoms with Gasteiger partial charge in [-0.05, 0) is 54.7 Å². The van der Waals surface area contributed by atoms with E-state index in [9.17, 15) is 14.4 Å². The monoisotopic (exact) mass is 463 g/mol. The molecule has 2 aromatic carbocycles. The summed E-state index contributed by atoms with van der Waals surface area (Å²) in [6.45, 7) is 3.90. The fourth-order valence-electron chi connectivity index (χ4n) is 4.09. The average Bonchev–Trinajstić information content (AvgIpc) is 2.83. The van der Waals surface area contributed by atoms with Crippen molar-refractivity contribution >= 4 is 22.8 Å². The molecule has 4 rings (SSSR count). The largest absolute Gasteiger partial charge is 0.482 e. The Morgan fingerprint density at radius 1 is 1.03 bits per heavy atom. The van der Waals surface area contributed by atoms with E-state index in [2.05, 4.69) is 19.2 Å². The zero-order valence-corrected chi connectivity index (χ0v) is 19.5. The molecule has 7 nitrogen and oxygen atoms in total. The standard InChI is InChI=1S/C27H29NO6/c1-17(2)18-7-6-10-21(13-18)32-16-25(29)33-22-12-11-19-14-23(27(31)34-24(19)15-22)26(30)28-20-8-4-3-5-9-20/h6-7,10-15,17,20H,3-5,8-9,16H2,1-2H3,(H,28,30). The lowest BCUT2D eigenvalue weighted by atomic mass is 9.95. The topological polar surface area (TPSA) is 94.8 Å². The lowest BCUT2D eigenvalue weighted by Gasteiger charge is -2.22. The molecule has 0 unspecified atom stereocenters. The second kappa shape index (κ2) is 10.5. The summed E-state index contributed by atoms with van der Waals surface area (Å²) in [6, 6.07) is 13.8. The smallest absolute Gasteiger partial charge is 0.349 e. The van der Waals surface area contributed by atoms with Crippen LogP contribution in [0.5, 0.6) is 11.5 Å². The molecule has 7 heteroatoms. The number of benzene rings is 2. The second-order valence-electron chi connectivity index (χ2n) is 8.95. The van der Waals surface area contributed by atoms with Crippen LogP contribution < -0.4 is 20.4 Å². The number of hydrogen-bond donors (Lipinski definition) is 1. The summed E-state index contributed by atoms with van der Waals surface area (Å²) in [5.74, 6) is 0.157. The molecule has 178 valence electrons. The molecule has 1 saturated carbocycles. The highest BCUT2D eigenvalue weighted by atomic mass is 16.6. The maximum Gasteiger partial charge on any atom is 0.349 e.